The lowest BCUT2D eigenvalue weighted by molar-refractivity contribution is -0.0344. The number of amides is 1. The van der Waals surface area contributed by atoms with Crippen LogP contribution in [-0.4, -0.2) is 25.7 Å². The first-order valence-corrected chi connectivity index (χ1v) is 10.3. The third-order valence-corrected chi connectivity index (χ3v) is 7.06. The number of aromatic nitrogens is 4. The minimum Gasteiger partial charge on any atom is -0.366 e. The molecule has 0 aliphatic heterocycles. The Kier molecular flexibility index (Phi) is 3.48. The number of primary amides is 1. The van der Waals surface area contributed by atoms with Crippen molar-refractivity contribution in [1.82, 2.24) is 19.7 Å². The molecule has 6 rings (SSSR count). The zero-order valence-corrected chi connectivity index (χ0v) is 16.3. The van der Waals surface area contributed by atoms with Gasteiger partial charge in [-0.2, -0.15) is 5.10 Å². The third-order valence-electron chi connectivity index (χ3n) is 7.06. The number of aromatic amines is 1. The van der Waals surface area contributed by atoms with Crippen LogP contribution in [0.4, 0.5) is 0 Å². The van der Waals surface area contributed by atoms with Gasteiger partial charge in [0.2, 0.25) is 5.91 Å². The fraction of sp³-hybridized carbons (Fsp3) is 0.304. The maximum atomic E-state index is 12.0. The van der Waals surface area contributed by atoms with Crippen LogP contribution >= 0.6 is 0 Å². The van der Waals surface area contributed by atoms with Crippen LogP contribution in [0.5, 0.6) is 0 Å². The van der Waals surface area contributed by atoms with E-state index in [2.05, 4.69) is 19.7 Å². The zero-order chi connectivity index (χ0) is 20.5. The minimum absolute atomic E-state index is 0.126. The van der Waals surface area contributed by atoms with Crippen LogP contribution < -0.4 is 11.3 Å². The molecule has 2 aliphatic carbocycles. The van der Waals surface area contributed by atoms with Crippen molar-refractivity contribution in [1.29, 1.82) is 0 Å². The topological polar surface area (TPSA) is 107 Å². The number of rotatable bonds is 3. The van der Waals surface area contributed by atoms with Gasteiger partial charge in [0.1, 0.15) is 0 Å². The number of hydrogen-bond acceptors (Lipinski definition) is 4. The summed E-state index contributed by atoms with van der Waals surface area (Å²) >= 11 is 0. The number of H-pyrrole nitrogens is 1. The van der Waals surface area contributed by atoms with Gasteiger partial charge < -0.3 is 10.3 Å². The normalized spacial score (nSPS) is 25.3. The van der Waals surface area contributed by atoms with E-state index in [4.69, 9.17) is 5.73 Å². The van der Waals surface area contributed by atoms with Crippen molar-refractivity contribution in [3.05, 3.63) is 70.4 Å². The molecule has 2 fully saturated rings. The highest BCUT2D eigenvalue weighted by Gasteiger charge is 2.54. The summed E-state index contributed by atoms with van der Waals surface area (Å²) in [6, 6.07) is 13.6. The standard InChI is InChI=1S/C23H21N5O2/c24-21(29)13-5-6-19-18(7-13)25-12-28(19)15-10-23(11-15)8-14(9-23)20-16-3-1-2-4-17(16)22(30)27-26-20/h1-7,12,14-15H,8-11H2,(H2,24,29)(H,27,30). The maximum absolute atomic E-state index is 12.0. The molecule has 1 spiro atoms. The first kappa shape index (κ1) is 17.4. The van der Waals surface area contributed by atoms with Crippen LogP contribution in [0.2, 0.25) is 0 Å². The monoisotopic (exact) mass is 399 g/mol. The van der Waals surface area contributed by atoms with Crippen molar-refractivity contribution < 1.29 is 4.79 Å². The second-order valence-corrected chi connectivity index (χ2v) is 8.87. The highest BCUT2D eigenvalue weighted by molar-refractivity contribution is 5.96. The van der Waals surface area contributed by atoms with Crippen molar-refractivity contribution in [3.8, 4) is 0 Å². The Morgan fingerprint density at radius 3 is 2.63 bits per heavy atom. The van der Waals surface area contributed by atoms with E-state index in [9.17, 15) is 9.59 Å². The zero-order valence-electron chi connectivity index (χ0n) is 16.3. The Bertz CT molecular complexity index is 1370. The van der Waals surface area contributed by atoms with Gasteiger partial charge in [-0.1, -0.05) is 18.2 Å². The number of carbonyl (C=O) groups excluding carboxylic acids is 1. The van der Waals surface area contributed by atoms with Gasteiger partial charge in [0.05, 0.1) is 28.4 Å². The Morgan fingerprint density at radius 1 is 1.10 bits per heavy atom. The molecule has 1 amide bonds. The number of carbonyl (C=O) groups is 1. The average Bonchev–Trinajstić information content (AvgIpc) is 3.10. The summed E-state index contributed by atoms with van der Waals surface area (Å²) in [5, 5.41) is 8.76. The first-order chi connectivity index (χ1) is 14.5. The highest BCUT2D eigenvalue weighted by atomic mass is 16.1. The predicted molar refractivity (Wildman–Crippen MR) is 113 cm³/mol. The number of fused-ring (bicyclic) bond motifs is 2. The second-order valence-electron chi connectivity index (χ2n) is 8.87. The molecule has 4 aromatic rings. The van der Waals surface area contributed by atoms with Gasteiger partial charge in [0, 0.05) is 22.9 Å². The number of nitrogens with two attached hydrogens (primary N) is 1. The van der Waals surface area contributed by atoms with Gasteiger partial charge in [-0.05, 0) is 55.4 Å². The van der Waals surface area contributed by atoms with E-state index in [0.29, 0.717) is 22.9 Å². The van der Waals surface area contributed by atoms with Gasteiger partial charge in [0.25, 0.3) is 5.56 Å². The molecule has 7 nitrogen and oxygen atoms in total. The molecule has 2 aromatic heterocycles. The molecule has 150 valence electrons. The molecule has 3 N–H and O–H groups in total. The fourth-order valence-corrected chi connectivity index (χ4v) is 5.57. The molecule has 2 saturated carbocycles. The summed E-state index contributed by atoms with van der Waals surface area (Å²) < 4.78 is 2.23. The minimum atomic E-state index is -0.432. The van der Waals surface area contributed by atoms with Crippen LogP contribution in [0, 0.1) is 5.41 Å². The number of nitrogens with zero attached hydrogens (tertiary/aromatic N) is 3. The van der Waals surface area contributed by atoms with Gasteiger partial charge in [-0.25, -0.2) is 10.1 Å². The number of hydrogen-bond donors (Lipinski definition) is 2. The molecular formula is C23H21N5O2. The van der Waals surface area contributed by atoms with Crippen molar-refractivity contribution >= 4 is 27.7 Å². The molecule has 2 aliphatic rings. The van der Waals surface area contributed by atoms with Crippen molar-refractivity contribution in [2.24, 2.45) is 11.1 Å². The van der Waals surface area contributed by atoms with E-state index in [1.54, 1.807) is 12.1 Å². The molecule has 30 heavy (non-hydrogen) atoms. The van der Waals surface area contributed by atoms with E-state index in [0.717, 1.165) is 53.2 Å². The van der Waals surface area contributed by atoms with E-state index < -0.39 is 5.91 Å². The van der Waals surface area contributed by atoms with Gasteiger partial charge >= 0.3 is 0 Å². The Morgan fingerprint density at radius 2 is 1.87 bits per heavy atom. The Labute approximate surface area is 171 Å². The summed E-state index contributed by atoms with van der Waals surface area (Å²) in [5.74, 6) is -0.0386. The van der Waals surface area contributed by atoms with Gasteiger partial charge in [-0.15, -0.1) is 0 Å². The fourth-order valence-electron chi connectivity index (χ4n) is 5.57. The van der Waals surface area contributed by atoms with E-state index in [1.807, 2.05) is 36.7 Å². The smallest absolute Gasteiger partial charge is 0.272 e. The summed E-state index contributed by atoms with van der Waals surface area (Å²) in [6.07, 6.45) is 6.32. The SMILES string of the molecule is NC(=O)c1ccc2c(c1)ncn2C1CC2(CC(c3n[nH]c(=O)c4ccccc34)C2)C1. The van der Waals surface area contributed by atoms with Crippen LogP contribution in [0.25, 0.3) is 21.8 Å². The molecule has 0 unspecified atom stereocenters. The van der Waals surface area contributed by atoms with E-state index in [-0.39, 0.29) is 5.56 Å². The molecular weight excluding hydrogens is 378 g/mol. The molecule has 0 radical (unpaired) electrons. The van der Waals surface area contributed by atoms with Crippen molar-refractivity contribution in [2.45, 2.75) is 37.6 Å². The molecule has 0 atom stereocenters. The van der Waals surface area contributed by atoms with E-state index >= 15 is 0 Å². The maximum Gasteiger partial charge on any atom is 0.272 e. The summed E-state index contributed by atoms with van der Waals surface area (Å²) in [7, 11) is 0. The summed E-state index contributed by atoms with van der Waals surface area (Å²) in [4.78, 5) is 27.9. The molecule has 0 saturated heterocycles. The molecule has 2 heterocycles. The average molecular weight is 399 g/mol. The van der Waals surface area contributed by atoms with Gasteiger partial charge in [-0.3, -0.25) is 9.59 Å². The first-order valence-electron chi connectivity index (χ1n) is 10.3. The number of imidazole rings is 1. The van der Waals surface area contributed by atoms with Crippen LogP contribution in [-0.2, 0) is 0 Å². The van der Waals surface area contributed by atoms with Gasteiger partial charge in [0.15, 0.2) is 0 Å². The van der Waals surface area contributed by atoms with Crippen molar-refractivity contribution in [3.63, 3.8) is 0 Å². The van der Waals surface area contributed by atoms with E-state index in [1.165, 1.54) is 0 Å². The second kappa shape index (κ2) is 6.01. The lowest BCUT2D eigenvalue weighted by Crippen LogP contribution is -2.47. The number of benzene rings is 2. The van der Waals surface area contributed by atoms with Crippen LogP contribution in [0.1, 0.15) is 53.7 Å². The van der Waals surface area contributed by atoms with Crippen LogP contribution in [0.15, 0.2) is 53.6 Å². The molecule has 2 aromatic carbocycles. The third kappa shape index (κ3) is 2.44. The highest BCUT2D eigenvalue weighted by Crippen LogP contribution is 2.65. The largest absolute Gasteiger partial charge is 0.366 e. The lowest BCUT2D eigenvalue weighted by atomic mass is 9.49. The predicted octanol–water partition coefficient (Wildman–Crippen LogP) is 3.27. The lowest BCUT2D eigenvalue weighted by Gasteiger charge is -2.58. The summed E-state index contributed by atoms with van der Waals surface area (Å²) in [6.45, 7) is 0. The summed E-state index contributed by atoms with van der Waals surface area (Å²) in [5.41, 5.74) is 8.97. The molecule has 0 bridgehead atoms. The number of nitrogens with one attached hydrogen (secondary N) is 1. The quantitative estimate of drug-likeness (QED) is 0.551. The molecule has 7 heteroatoms. The Balaban J connectivity index is 1.20. The Hall–Kier alpha value is -3.48. The van der Waals surface area contributed by atoms with Crippen molar-refractivity contribution in [2.75, 3.05) is 0 Å². The van der Waals surface area contributed by atoms with Crippen LogP contribution in [0.3, 0.4) is 0 Å².